The maximum Gasteiger partial charge on any atom is 0.248 e. The molecular formula is C23H23FN4O3S. The minimum Gasteiger partial charge on any atom is -0.322 e. The molecule has 1 aliphatic rings. The molecule has 0 bridgehead atoms. The van der Waals surface area contributed by atoms with Crippen LogP contribution in [0.1, 0.15) is 29.8 Å². The van der Waals surface area contributed by atoms with Gasteiger partial charge >= 0.3 is 0 Å². The van der Waals surface area contributed by atoms with E-state index in [1.165, 1.54) is 29.0 Å². The Hall–Kier alpha value is -3.30. The fourth-order valence-electron chi connectivity index (χ4n) is 3.23. The molecule has 4 rings (SSSR count). The summed E-state index contributed by atoms with van der Waals surface area (Å²) in [6, 6.07) is 12.5. The normalized spacial score (nSPS) is 14.1. The van der Waals surface area contributed by atoms with Gasteiger partial charge in [0, 0.05) is 23.5 Å². The molecule has 7 nitrogen and oxygen atoms in total. The molecule has 0 atom stereocenters. The van der Waals surface area contributed by atoms with Crippen molar-refractivity contribution in [3.05, 3.63) is 77.4 Å². The third-order valence-corrected chi connectivity index (χ3v) is 6.51. The van der Waals surface area contributed by atoms with E-state index in [0.29, 0.717) is 16.9 Å². The van der Waals surface area contributed by atoms with E-state index in [1.807, 2.05) is 19.9 Å². The average molecular weight is 455 g/mol. The summed E-state index contributed by atoms with van der Waals surface area (Å²) in [6.45, 7) is 3.67. The van der Waals surface area contributed by atoms with Gasteiger partial charge in [0.25, 0.3) is 0 Å². The number of carbonyl (C=O) groups excluding carboxylic acids is 1. The van der Waals surface area contributed by atoms with E-state index in [-0.39, 0.29) is 10.9 Å². The van der Waals surface area contributed by atoms with Crippen LogP contribution in [0.2, 0.25) is 0 Å². The second-order valence-electron chi connectivity index (χ2n) is 7.79. The summed E-state index contributed by atoms with van der Waals surface area (Å²) < 4.78 is 43.1. The van der Waals surface area contributed by atoms with Gasteiger partial charge in [-0.2, -0.15) is 5.10 Å². The van der Waals surface area contributed by atoms with Crippen LogP contribution in [0.3, 0.4) is 0 Å². The van der Waals surface area contributed by atoms with Gasteiger partial charge in [-0.05, 0) is 74.7 Å². The topological polar surface area (TPSA) is 93.1 Å². The molecule has 32 heavy (non-hydrogen) atoms. The zero-order chi connectivity index (χ0) is 22.9. The summed E-state index contributed by atoms with van der Waals surface area (Å²) in [6.07, 6.45) is 4.59. The first-order valence-corrected chi connectivity index (χ1v) is 11.6. The maximum atomic E-state index is 14.6. The van der Waals surface area contributed by atoms with E-state index in [1.54, 1.807) is 30.3 Å². The van der Waals surface area contributed by atoms with Gasteiger partial charge in [0.05, 0.1) is 10.6 Å². The lowest BCUT2D eigenvalue weighted by Crippen LogP contribution is -2.25. The van der Waals surface area contributed by atoms with Crippen molar-refractivity contribution in [2.24, 2.45) is 0 Å². The number of hydrogen-bond acceptors (Lipinski definition) is 4. The van der Waals surface area contributed by atoms with Crippen molar-refractivity contribution in [3.63, 3.8) is 0 Å². The Balaban J connectivity index is 1.40. The molecule has 0 radical (unpaired) electrons. The van der Waals surface area contributed by atoms with Crippen molar-refractivity contribution in [2.45, 2.75) is 37.6 Å². The minimum atomic E-state index is -3.51. The maximum absolute atomic E-state index is 14.6. The predicted molar refractivity (Wildman–Crippen MR) is 120 cm³/mol. The van der Waals surface area contributed by atoms with Gasteiger partial charge in [-0.1, -0.05) is 12.1 Å². The highest BCUT2D eigenvalue weighted by Crippen LogP contribution is 2.23. The van der Waals surface area contributed by atoms with Crippen LogP contribution in [0, 0.1) is 19.7 Å². The quantitative estimate of drug-likeness (QED) is 0.532. The molecular weight excluding hydrogens is 431 g/mol. The Morgan fingerprint density at radius 3 is 2.44 bits per heavy atom. The van der Waals surface area contributed by atoms with E-state index in [9.17, 15) is 17.6 Å². The number of aryl methyl sites for hydroxylation is 2. The molecule has 1 amide bonds. The second kappa shape index (κ2) is 8.68. The molecule has 166 valence electrons. The Bertz CT molecular complexity index is 1290. The van der Waals surface area contributed by atoms with Crippen LogP contribution in [0.25, 0.3) is 11.8 Å². The predicted octanol–water partition coefficient (Wildman–Crippen LogP) is 3.72. The smallest absolute Gasteiger partial charge is 0.248 e. The highest BCUT2D eigenvalue weighted by molar-refractivity contribution is 7.89. The van der Waals surface area contributed by atoms with Crippen LogP contribution < -0.4 is 10.0 Å². The molecule has 1 fully saturated rings. The first-order chi connectivity index (χ1) is 15.2. The number of rotatable bonds is 7. The van der Waals surface area contributed by atoms with Gasteiger partial charge in [0.2, 0.25) is 15.9 Å². The first-order valence-electron chi connectivity index (χ1n) is 10.2. The number of amides is 1. The molecule has 3 aromatic rings. The summed E-state index contributed by atoms with van der Waals surface area (Å²) in [7, 11) is -3.51. The molecule has 0 aliphatic heterocycles. The van der Waals surface area contributed by atoms with E-state index < -0.39 is 21.7 Å². The summed E-state index contributed by atoms with van der Waals surface area (Å²) in [5.74, 6) is -0.940. The number of halogens is 1. The molecule has 1 heterocycles. The second-order valence-corrected chi connectivity index (χ2v) is 9.51. The van der Waals surface area contributed by atoms with Crippen molar-refractivity contribution >= 4 is 27.7 Å². The van der Waals surface area contributed by atoms with Crippen molar-refractivity contribution < 1.29 is 17.6 Å². The highest BCUT2D eigenvalue weighted by atomic mass is 32.2. The Labute approximate surface area is 186 Å². The van der Waals surface area contributed by atoms with Crippen LogP contribution in [0.5, 0.6) is 0 Å². The van der Waals surface area contributed by atoms with Gasteiger partial charge in [0.1, 0.15) is 5.69 Å². The van der Waals surface area contributed by atoms with Crippen molar-refractivity contribution in [3.8, 4) is 5.69 Å². The summed E-state index contributed by atoms with van der Waals surface area (Å²) in [5, 5.41) is 6.88. The zero-order valence-corrected chi connectivity index (χ0v) is 18.5. The zero-order valence-electron chi connectivity index (χ0n) is 17.7. The number of hydrogen-bond donors (Lipinski definition) is 2. The van der Waals surface area contributed by atoms with Gasteiger partial charge in [0.15, 0.2) is 5.82 Å². The first kappa shape index (κ1) is 21.9. The van der Waals surface area contributed by atoms with Crippen LogP contribution >= 0.6 is 0 Å². The lowest BCUT2D eigenvalue weighted by atomic mass is 10.2. The highest BCUT2D eigenvalue weighted by Gasteiger charge is 2.27. The Kier molecular flexibility index (Phi) is 5.94. The third kappa shape index (κ3) is 5.12. The average Bonchev–Trinajstić information content (AvgIpc) is 3.48. The third-order valence-electron chi connectivity index (χ3n) is 4.97. The van der Waals surface area contributed by atoms with Crippen molar-refractivity contribution in [2.75, 3.05) is 5.32 Å². The largest absolute Gasteiger partial charge is 0.322 e. The van der Waals surface area contributed by atoms with Crippen molar-refractivity contribution in [1.29, 1.82) is 0 Å². The number of benzene rings is 2. The van der Waals surface area contributed by atoms with E-state index in [4.69, 9.17) is 0 Å². The monoisotopic (exact) mass is 454 g/mol. The van der Waals surface area contributed by atoms with Gasteiger partial charge in [-0.25, -0.2) is 22.2 Å². The number of carbonyl (C=O) groups is 1. The fourth-order valence-corrected chi connectivity index (χ4v) is 4.54. The molecule has 9 heteroatoms. The molecule has 1 saturated carbocycles. The fraction of sp³-hybridized carbons (Fsp3) is 0.217. The SMILES string of the molecule is Cc1cc(C)n(-c2ccc(NC(=O)C=Cc3ccc(S(=O)(=O)NC4CC4)cc3)cc2F)n1. The standard InChI is InChI=1S/C23H23FN4O3S/c1-15-13-16(2)28(26-15)22-11-8-19(14-21(22)24)25-23(29)12-5-17-3-9-20(10-4-17)32(30,31)27-18-6-7-18/h3-5,8-14,18,27H,6-7H2,1-2H3,(H,25,29). The Morgan fingerprint density at radius 1 is 1.12 bits per heavy atom. The molecule has 0 saturated heterocycles. The van der Waals surface area contributed by atoms with Crippen LogP contribution in [-0.4, -0.2) is 30.1 Å². The van der Waals surface area contributed by atoms with Crippen LogP contribution in [-0.2, 0) is 14.8 Å². The summed E-state index contributed by atoms with van der Waals surface area (Å²) >= 11 is 0. The summed E-state index contributed by atoms with van der Waals surface area (Å²) in [5.41, 5.74) is 2.87. The lowest BCUT2D eigenvalue weighted by Gasteiger charge is -2.08. The van der Waals surface area contributed by atoms with E-state index in [0.717, 1.165) is 24.2 Å². The minimum absolute atomic E-state index is 0.0369. The Morgan fingerprint density at radius 2 is 1.84 bits per heavy atom. The lowest BCUT2D eigenvalue weighted by molar-refractivity contribution is -0.111. The number of nitrogens with zero attached hydrogens (tertiary/aromatic N) is 2. The molecule has 2 aromatic carbocycles. The number of nitrogens with one attached hydrogen (secondary N) is 2. The molecule has 2 N–H and O–H groups in total. The van der Waals surface area contributed by atoms with Gasteiger partial charge in [-0.3, -0.25) is 4.79 Å². The summed E-state index contributed by atoms with van der Waals surface area (Å²) in [4.78, 5) is 12.4. The molecule has 0 unspecified atom stereocenters. The van der Waals surface area contributed by atoms with E-state index in [2.05, 4.69) is 15.1 Å². The molecule has 1 aliphatic carbocycles. The van der Waals surface area contributed by atoms with Crippen LogP contribution in [0.15, 0.2) is 59.5 Å². The number of anilines is 1. The molecule has 0 spiro atoms. The van der Waals surface area contributed by atoms with E-state index >= 15 is 0 Å². The number of sulfonamides is 1. The van der Waals surface area contributed by atoms with Gasteiger partial charge < -0.3 is 5.32 Å². The van der Waals surface area contributed by atoms with Crippen LogP contribution in [0.4, 0.5) is 10.1 Å². The number of aromatic nitrogens is 2. The van der Waals surface area contributed by atoms with Crippen molar-refractivity contribution in [1.82, 2.24) is 14.5 Å². The van der Waals surface area contributed by atoms with Gasteiger partial charge in [-0.15, -0.1) is 0 Å². The molecule has 1 aromatic heterocycles.